The summed E-state index contributed by atoms with van der Waals surface area (Å²) in [5.41, 5.74) is 4.56. The highest BCUT2D eigenvalue weighted by molar-refractivity contribution is 6.31. The van der Waals surface area contributed by atoms with E-state index in [0.717, 1.165) is 22.9 Å². The van der Waals surface area contributed by atoms with E-state index in [1.54, 1.807) is 0 Å². The molecule has 1 aromatic carbocycles. The zero-order valence-electron chi connectivity index (χ0n) is 8.83. The van der Waals surface area contributed by atoms with Gasteiger partial charge in [-0.25, -0.2) is 10.8 Å². The van der Waals surface area contributed by atoms with Crippen LogP contribution in [0.4, 0.5) is 5.82 Å². The summed E-state index contributed by atoms with van der Waals surface area (Å²) in [6.45, 7) is 2.07. The molecule has 3 nitrogen and oxygen atoms in total. The molecule has 1 aromatic heterocycles. The summed E-state index contributed by atoms with van der Waals surface area (Å²) in [6, 6.07) is 7.73. The number of hydrogen-bond donors (Lipinski definition) is 2. The smallest absolute Gasteiger partial charge is 0.143 e. The molecule has 5 heteroatoms. The molecule has 0 aliphatic carbocycles. The predicted octanol–water partition coefficient (Wildman–Crippen LogP) is 3.16. The Morgan fingerprint density at radius 2 is 2.12 bits per heavy atom. The van der Waals surface area contributed by atoms with Crippen molar-refractivity contribution >= 4 is 40.7 Å². The van der Waals surface area contributed by atoms with Gasteiger partial charge < -0.3 is 5.43 Å². The van der Waals surface area contributed by atoms with Gasteiger partial charge in [-0.1, -0.05) is 24.6 Å². The van der Waals surface area contributed by atoms with Crippen molar-refractivity contribution in [2.24, 2.45) is 5.84 Å². The van der Waals surface area contributed by atoms with Gasteiger partial charge in [0.15, 0.2) is 0 Å². The van der Waals surface area contributed by atoms with Crippen molar-refractivity contribution in [3.05, 3.63) is 34.9 Å². The molecular weight excluding hydrogens is 245 g/mol. The van der Waals surface area contributed by atoms with Gasteiger partial charge in [0.05, 0.1) is 5.52 Å². The first-order valence-corrected chi connectivity index (χ1v) is 5.18. The minimum Gasteiger partial charge on any atom is -0.308 e. The molecule has 1 heterocycles. The van der Waals surface area contributed by atoms with E-state index in [1.807, 2.05) is 18.2 Å². The first-order chi connectivity index (χ1) is 7.24. The Labute approximate surface area is 105 Å². The topological polar surface area (TPSA) is 50.9 Å². The second-order valence-electron chi connectivity index (χ2n) is 3.33. The maximum Gasteiger partial charge on any atom is 0.143 e. The Kier molecular flexibility index (Phi) is 4.35. The van der Waals surface area contributed by atoms with Gasteiger partial charge in [-0.2, -0.15) is 0 Å². The second-order valence-corrected chi connectivity index (χ2v) is 3.77. The molecule has 86 valence electrons. The number of hydrogen-bond acceptors (Lipinski definition) is 3. The highest BCUT2D eigenvalue weighted by atomic mass is 35.5. The molecule has 2 rings (SSSR count). The lowest BCUT2D eigenvalue weighted by atomic mass is 10.1. The van der Waals surface area contributed by atoms with Gasteiger partial charge in [-0.3, -0.25) is 0 Å². The van der Waals surface area contributed by atoms with Crippen molar-refractivity contribution in [3.63, 3.8) is 0 Å². The Balaban J connectivity index is 0.00000128. The van der Waals surface area contributed by atoms with Crippen LogP contribution in [0.3, 0.4) is 0 Å². The highest BCUT2D eigenvalue weighted by Gasteiger charge is 2.04. The molecule has 0 bridgehead atoms. The van der Waals surface area contributed by atoms with Crippen LogP contribution in [0.1, 0.15) is 12.5 Å². The van der Waals surface area contributed by atoms with Crippen LogP contribution >= 0.6 is 24.0 Å². The minimum absolute atomic E-state index is 0. The van der Waals surface area contributed by atoms with Crippen molar-refractivity contribution < 1.29 is 0 Å². The van der Waals surface area contributed by atoms with Gasteiger partial charge in [0.2, 0.25) is 0 Å². The van der Waals surface area contributed by atoms with Crippen molar-refractivity contribution in [2.45, 2.75) is 13.3 Å². The second kappa shape index (κ2) is 5.34. The van der Waals surface area contributed by atoms with E-state index in [-0.39, 0.29) is 12.4 Å². The number of nitrogens with one attached hydrogen (secondary N) is 1. The van der Waals surface area contributed by atoms with E-state index >= 15 is 0 Å². The number of fused-ring (bicyclic) bond motifs is 1. The number of aryl methyl sites for hydroxylation is 1. The average Bonchev–Trinajstić information content (AvgIpc) is 2.27. The Morgan fingerprint density at radius 3 is 2.75 bits per heavy atom. The maximum absolute atomic E-state index is 5.90. The molecule has 0 radical (unpaired) electrons. The van der Waals surface area contributed by atoms with Crippen LogP contribution in [0.2, 0.25) is 5.02 Å². The highest BCUT2D eigenvalue weighted by Crippen LogP contribution is 2.23. The van der Waals surface area contributed by atoms with Crippen molar-refractivity contribution in [3.8, 4) is 0 Å². The minimum atomic E-state index is 0. The summed E-state index contributed by atoms with van der Waals surface area (Å²) in [6.07, 6.45) is 0.894. The van der Waals surface area contributed by atoms with Crippen LogP contribution in [0, 0.1) is 0 Å². The third-order valence-electron chi connectivity index (χ3n) is 2.38. The standard InChI is InChI=1S/C11H12ClN3.ClH/c1-2-7-5-8-3-4-9(12)6-10(8)14-11(7)15-13;/h3-6H,2,13H2,1H3,(H,14,15);1H. The number of halogens is 2. The summed E-state index contributed by atoms with van der Waals surface area (Å²) >= 11 is 5.90. The zero-order valence-corrected chi connectivity index (χ0v) is 10.4. The third-order valence-corrected chi connectivity index (χ3v) is 2.61. The lowest BCUT2D eigenvalue weighted by Gasteiger charge is -2.08. The van der Waals surface area contributed by atoms with E-state index in [9.17, 15) is 0 Å². The van der Waals surface area contributed by atoms with E-state index in [2.05, 4.69) is 23.4 Å². The molecule has 0 unspecified atom stereocenters. The lowest BCUT2D eigenvalue weighted by molar-refractivity contribution is 1.10. The molecule has 0 aliphatic rings. The van der Waals surface area contributed by atoms with Crippen LogP contribution in [-0.4, -0.2) is 4.98 Å². The fourth-order valence-corrected chi connectivity index (χ4v) is 1.74. The molecule has 16 heavy (non-hydrogen) atoms. The third kappa shape index (κ3) is 2.38. The lowest BCUT2D eigenvalue weighted by Crippen LogP contribution is -2.11. The van der Waals surface area contributed by atoms with Gasteiger partial charge >= 0.3 is 0 Å². The van der Waals surface area contributed by atoms with Crippen molar-refractivity contribution in [1.29, 1.82) is 0 Å². The van der Waals surface area contributed by atoms with Crippen molar-refractivity contribution in [1.82, 2.24) is 4.98 Å². The Morgan fingerprint density at radius 1 is 1.38 bits per heavy atom. The van der Waals surface area contributed by atoms with Crippen molar-refractivity contribution in [2.75, 3.05) is 5.43 Å². The molecule has 0 aliphatic heterocycles. The molecule has 0 atom stereocenters. The molecule has 3 N–H and O–H groups in total. The summed E-state index contributed by atoms with van der Waals surface area (Å²) in [5, 5.41) is 1.76. The van der Waals surface area contributed by atoms with Gasteiger partial charge in [-0.15, -0.1) is 12.4 Å². The number of benzene rings is 1. The van der Waals surface area contributed by atoms with E-state index < -0.39 is 0 Å². The Bertz CT molecular complexity index is 500. The summed E-state index contributed by atoms with van der Waals surface area (Å²) in [4.78, 5) is 4.40. The van der Waals surface area contributed by atoms with Crippen LogP contribution < -0.4 is 11.3 Å². The van der Waals surface area contributed by atoms with Crippen LogP contribution in [0.5, 0.6) is 0 Å². The average molecular weight is 258 g/mol. The number of anilines is 1. The van der Waals surface area contributed by atoms with E-state index in [1.165, 1.54) is 0 Å². The molecule has 0 saturated carbocycles. The van der Waals surface area contributed by atoms with Gasteiger partial charge in [-0.05, 0) is 30.2 Å². The number of nitrogen functional groups attached to an aromatic ring is 1. The first-order valence-electron chi connectivity index (χ1n) is 4.80. The van der Waals surface area contributed by atoms with Crippen LogP contribution in [-0.2, 0) is 6.42 Å². The Hall–Kier alpha value is -1.03. The molecular formula is C11H13Cl2N3. The number of rotatable bonds is 2. The number of nitrogens with two attached hydrogens (primary N) is 1. The number of nitrogens with zero attached hydrogens (tertiary/aromatic N) is 1. The fourth-order valence-electron chi connectivity index (χ4n) is 1.58. The van der Waals surface area contributed by atoms with Crippen LogP contribution in [0.15, 0.2) is 24.3 Å². The predicted molar refractivity (Wildman–Crippen MR) is 71.2 cm³/mol. The first kappa shape index (κ1) is 13.0. The fraction of sp³-hybridized carbons (Fsp3) is 0.182. The summed E-state index contributed by atoms with van der Waals surface area (Å²) < 4.78 is 0. The number of aromatic nitrogens is 1. The molecule has 2 aromatic rings. The summed E-state index contributed by atoms with van der Waals surface area (Å²) in [5.74, 6) is 6.12. The van der Waals surface area contributed by atoms with Gasteiger partial charge in [0.25, 0.3) is 0 Å². The van der Waals surface area contributed by atoms with Crippen LogP contribution in [0.25, 0.3) is 10.9 Å². The summed E-state index contributed by atoms with van der Waals surface area (Å²) in [7, 11) is 0. The normalized spacial score (nSPS) is 9.94. The van der Waals surface area contributed by atoms with E-state index in [4.69, 9.17) is 17.4 Å². The quantitative estimate of drug-likeness (QED) is 0.642. The number of hydrazine groups is 1. The van der Waals surface area contributed by atoms with Gasteiger partial charge in [0, 0.05) is 10.4 Å². The van der Waals surface area contributed by atoms with Gasteiger partial charge in [0.1, 0.15) is 5.82 Å². The van der Waals surface area contributed by atoms with E-state index in [0.29, 0.717) is 10.8 Å². The SMILES string of the molecule is CCc1cc2ccc(Cl)cc2nc1NN.Cl. The molecule has 0 amide bonds. The monoisotopic (exact) mass is 257 g/mol. The zero-order chi connectivity index (χ0) is 10.8. The number of pyridine rings is 1. The molecule has 0 spiro atoms. The molecule has 0 saturated heterocycles. The largest absolute Gasteiger partial charge is 0.308 e. The maximum atomic E-state index is 5.90. The molecule has 0 fully saturated rings.